The van der Waals surface area contributed by atoms with Crippen LogP contribution < -0.4 is 0 Å². The topological polar surface area (TPSA) is 68.1 Å². The second-order valence-electron chi connectivity index (χ2n) is 11.1. The fourth-order valence-corrected chi connectivity index (χ4v) is 9.05. The van der Waals surface area contributed by atoms with Crippen molar-refractivity contribution in [2.45, 2.75) is 57.3 Å². The molecule has 0 bridgehead atoms. The highest BCUT2D eigenvalue weighted by atomic mass is 32.2. The number of aromatic nitrogens is 3. The molecule has 0 amide bonds. The second kappa shape index (κ2) is 7.29. The number of benzene rings is 1. The molecule has 2 aromatic rings. The molecule has 4 aliphatic rings. The zero-order valence-corrected chi connectivity index (χ0v) is 20.1. The normalized spacial score (nSPS) is 31.7. The molecular weight excluding hydrogens is 465 g/mol. The molecule has 0 radical (unpaired) electrons. The smallest absolute Gasteiger partial charge is 0.300 e. The SMILES string of the molecule is CC(C)n1nc(-c2cccc(C(F)(F)F)c2)nc1[C@H]1[C@@H]2C[C@H](N3CCC4(C3)CS(=O)(=O)C4)C[C@@H]21. The van der Waals surface area contributed by atoms with Crippen LogP contribution in [0.5, 0.6) is 0 Å². The van der Waals surface area contributed by atoms with E-state index < -0.39 is 21.6 Å². The maximum Gasteiger partial charge on any atom is 0.416 e. The lowest BCUT2D eigenvalue weighted by Crippen LogP contribution is -2.50. The first-order valence-corrected chi connectivity index (χ1v) is 13.9. The average molecular weight is 495 g/mol. The van der Waals surface area contributed by atoms with E-state index in [1.807, 2.05) is 18.5 Å². The first-order chi connectivity index (χ1) is 15.9. The molecule has 2 aliphatic carbocycles. The van der Waals surface area contributed by atoms with Crippen molar-refractivity contribution in [1.82, 2.24) is 19.7 Å². The summed E-state index contributed by atoms with van der Waals surface area (Å²) >= 11 is 0. The van der Waals surface area contributed by atoms with Gasteiger partial charge in [0, 0.05) is 35.5 Å². The number of alkyl halides is 3. The first-order valence-electron chi connectivity index (χ1n) is 12.0. The van der Waals surface area contributed by atoms with Crippen molar-refractivity contribution in [3.05, 3.63) is 35.7 Å². The van der Waals surface area contributed by atoms with Crippen LogP contribution in [0.3, 0.4) is 0 Å². The Morgan fingerprint density at radius 2 is 1.85 bits per heavy atom. The van der Waals surface area contributed by atoms with Gasteiger partial charge in [-0.1, -0.05) is 12.1 Å². The lowest BCUT2D eigenvalue weighted by molar-refractivity contribution is -0.137. The Hall–Kier alpha value is -1.94. The molecule has 1 aromatic heterocycles. The van der Waals surface area contributed by atoms with E-state index in [4.69, 9.17) is 4.98 Å². The van der Waals surface area contributed by atoms with Gasteiger partial charge in [-0.25, -0.2) is 18.1 Å². The van der Waals surface area contributed by atoms with Crippen molar-refractivity contribution in [3.8, 4) is 11.4 Å². The van der Waals surface area contributed by atoms with E-state index in [0.29, 0.717) is 46.7 Å². The Morgan fingerprint density at radius 1 is 1.15 bits per heavy atom. The van der Waals surface area contributed by atoms with Gasteiger partial charge < -0.3 is 0 Å². The fourth-order valence-electron chi connectivity index (χ4n) is 6.80. The highest BCUT2D eigenvalue weighted by Crippen LogP contribution is 2.64. The maximum absolute atomic E-state index is 13.2. The summed E-state index contributed by atoms with van der Waals surface area (Å²) in [6.07, 6.45) is -1.28. The highest BCUT2D eigenvalue weighted by Gasteiger charge is 2.61. The molecule has 1 spiro atoms. The molecule has 4 atom stereocenters. The molecule has 2 saturated heterocycles. The average Bonchev–Trinajstić information content (AvgIpc) is 3.18. The van der Waals surface area contributed by atoms with Crippen LogP contribution in [0.1, 0.15) is 56.5 Å². The zero-order valence-electron chi connectivity index (χ0n) is 19.3. The van der Waals surface area contributed by atoms with Crippen molar-refractivity contribution in [2.75, 3.05) is 24.6 Å². The summed E-state index contributed by atoms with van der Waals surface area (Å²) in [5, 5.41) is 4.61. The molecule has 4 fully saturated rings. The van der Waals surface area contributed by atoms with E-state index in [0.717, 1.165) is 50.3 Å². The van der Waals surface area contributed by atoms with Gasteiger partial charge in [0.25, 0.3) is 0 Å². The summed E-state index contributed by atoms with van der Waals surface area (Å²) in [6, 6.07) is 5.78. The first kappa shape index (κ1) is 22.5. The summed E-state index contributed by atoms with van der Waals surface area (Å²) in [7, 11) is -2.82. The highest BCUT2D eigenvalue weighted by molar-refractivity contribution is 7.92. The predicted octanol–water partition coefficient (Wildman–Crippen LogP) is 4.16. The van der Waals surface area contributed by atoms with Crippen molar-refractivity contribution in [3.63, 3.8) is 0 Å². The number of sulfone groups is 1. The maximum atomic E-state index is 13.2. The van der Waals surface area contributed by atoms with Crippen LogP contribution in [-0.4, -0.2) is 58.7 Å². The largest absolute Gasteiger partial charge is 0.416 e. The minimum absolute atomic E-state index is 0.0112. The predicted molar refractivity (Wildman–Crippen MR) is 121 cm³/mol. The molecule has 34 heavy (non-hydrogen) atoms. The summed E-state index contributed by atoms with van der Waals surface area (Å²) in [4.78, 5) is 7.26. The van der Waals surface area contributed by atoms with Crippen LogP contribution in [0.4, 0.5) is 13.2 Å². The number of hydrogen-bond donors (Lipinski definition) is 0. The van der Waals surface area contributed by atoms with Gasteiger partial charge in [0.2, 0.25) is 0 Å². The third-order valence-electron chi connectivity index (χ3n) is 8.35. The molecule has 184 valence electrons. The minimum atomic E-state index is -4.40. The van der Waals surface area contributed by atoms with Crippen molar-refractivity contribution >= 4 is 9.84 Å². The standard InChI is InChI=1S/C24H29F3N4O2S/c1-14(2)31-22(28-21(29-31)15-4-3-5-16(8-15)24(25,26)27)20-18-9-17(10-19(18)20)30-7-6-23(11-30)12-34(32,33)13-23/h3-5,8,14,17-20H,6-7,9-13H2,1-2H3/t17-,18+,19-,20-. The minimum Gasteiger partial charge on any atom is -0.300 e. The molecule has 0 unspecified atom stereocenters. The van der Waals surface area contributed by atoms with E-state index in [2.05, 4.69) is 10.00 Å². The van der Waals surface area contributed by atoms with Gasteiger partial charge in [0.1, 0.15) is 5.82 Å². The number of hydrogen-bond acceptors (Lipinski definition) is 5. The second-order valence-corrected chi connectivity index (χ2v) is 13.2. The van der Waals surface area contributed by atoms with Gasteiger partial charge in [-0.05, 0) is 63.6 Å². The lowest BCUT2D eigenvalue weighted by Gasteiger charge is -2.38. The van der Waals surface area contributed by atoms with Crippen LogP contribution in [0, 0.1) is 17.3 Å². The molecule has 10 heteroatoms. The molecule has 6 nitrogen and oxygen atoms in total. The molecule has 1 aromatic carbocycles. The van der Waals surface area contributed by atoms with Crippen LogP contribution in [0.2, 0.25) is 0 Å². The zero-order chi connectivity index (χ0) is 24.0. The van der Waals surface area contributed by atoms with Crippen LogP contribution in [-0.2, 0) is 16.0 Å². The molecule has 2 aliphatic heterocycles. The quantitative estimate of drug-likeness (QED) is 0.639. The van der Waals surface area contributed by atoms with Gasteiger partial charge in [-0.3, -0.25) is 4.90 Å². The van der Waals surface area contributed by atoms with Crippen LogP contribution in [0.15, 0.2) is 24.3 Å². The summed E-state index contributed by atoms with van der Waals surface area (Å²) in [5.74, 6) is 3.25. The van der Waals surface area contributed by atoms with E-state index in [1.165, 1.54) is 6.07 Å². The van der Waals surface area contributed by atoms with E-state index in [-0.39, 0.29) is 11.5 Å². The summed E-state index contributed by atoms with van der Waals surface area (Å²) < 4.78 is 64.9. The Bertz CT molecular complexity index is 1220. The van der Waals surface area contributed by atoms with Crippen molar-refractivity contribution in [2.24, 2.45) is 17.3 Å². The third-order valence-corrected chi connectivity index (χ3v) is 10.5. The van der Waals surface area contributed by atoms with Crippen molar-refractivity contribution < 1.29 is 21.6 Å². The number of nitrogens with zero attached hydrogens (tertiary/aromatic N) is 4. The van der Waals surface area contributed by atoms with Crippen LogP contribution >= 0.6 is 0 Å². The summed E-state index contributed by atoms with van der Waals surface area (Å²) in [5.41, 5.74) is -0.318. The number of fused-ring (bicyclic) bond motifs is 1. The monoisotopic (exact) mass is 494 g/mol. The van der Waals surface area contributed by atoms with Gasteiger partial charge in [0.05, 0.1) is 17.1 Å². The molecule has 3 heterocycles. The fraction of sp³-hybridized carbons (Fsp3) is 0.667. The van der Waals surface area contributed by atoms with Gasteiger partial charge in [-0.15, -0.1) is 0 Å². The van der Waals surface area contributed by atoms with Gasteiger partial charge in [-0.2, -0.15) is 18.3 Å². The van der Waals surface area contributed by atoms with Gasteiger partial charge in [0.15, 0.2) is 15.7 Å². The molecule has 6 rings (SSSR count). The van der Waals surface area contributed by atoms with E-state index >= 15 is 0 Å². The lowest BCUT2D eigenvalue weighted by atomic mass is 9.91. The number of halogens is 3. The van der Waals surface area contributed by atoms with E-state index in [1.54, 1.807) is 6.07 Å². The van der Waals surface area contributed by atoms with Crippen LogP contribution in [0.25, 0.3) is 11.4 Å². The Labute approximate surface area is 197 Å². The third kappa shape index (κ3) is 3.68. The summed E-state index contributed by atoms with van der Waals surface area (Å²) in [6.45, 7) is 5.91. The van der Waals surface area contributed by atoms with Gasteiger partial charge >= 0.3 is 6.18 Å². The molecule has 0 N–H and O–H groups in total. The Kier molecular flexibility index (Phi) is 4.83. The Morgan fingerprint density at radius 3 is 2.47 bits per heavy atom. The number of rotatable bonds is 4. The van der Waals surface area contributed by atoms with E-state index in [9.17, 15) is 21.6 Å². The molecular formula is C24H29F3N4O2S. The molecule has 2 saturated carbocycles. The number of likely N-dealkylation sites (tertiary alicyclic amines) is 1. The van der Waals surface area contributed by atoms with Crippen molar-refractivity contribution in [1.29, 1.82) is 0 Å². The Balaban J connectivity index is 1.17.